The second-order valence-corrected chi connectivity index (χ2v) is 10.3. The Hall–Kier alpha value is -3.35. The Labute approximate surface area is 205 Å². The predicted molar refractivity (Wildman–Crippen MR) is 131 cm³/mol. The molecule has 3 aliphatic carbocycles. The molecule has 184 valence electrons. The van der Waals surface area contributed by atoms with Gasteiger partial charge >= 0.3 is 12.1 Å². The molecule has 0 aromatic heterocycles. The van der Waals surface area contributed by atoms with Crippen molar-refractivity contribution in [3.8, 4) is 11.1 Å². The normalized spacial score (nSPS) is 27.2. The Morgan fingerprint density at radius 1 is 0.943 bits per heavy atom. The molecule has 0 spiro atoms. The van der Waals surface area contributed by atoms with Gasteiger partial charge in [-0.25, -0.2) is 4.79 Å². The van der Waals surface area contributed by atoms with Gasteiger partial charge in [-0.05, 0) is 54.9 Å². The summed E-state index contributed by atoms with van der Waals surface area (Å²) in [5, 5.41) is 15.4. The molecule has 3 N–H and O–H groups in total. The molecule has 0 heterocycles. The second-order valence-electron chi connectivity index (χ2n) is 10.3. The van der Waals surface area contributed by atoms with Crippen molar-refractivity contribution >= 4 is 18.0 Å². The van der Waals surface area contributed by atoms with E-state index in [1.54, 1.807) is 0 Å². The zero-order valence-electron chi connectivity index (χ0n) is 20.0. The lowest BCUT2D eigenvalue weighted by atomic mass is 9.83. The molecule has 0 saturated heterocycles. The van der Waals surface area contributed by atoms with Crippen LogP contribution in [-0.4, -0.2) is 41.8 Å². The molecule has 2 aromatic carbocycles. The van der Waals surface area contributed by atoms with Crippen LogP contribution < -0.4 is 10.6 Å². The third-order valence-electron chi connectivity index (χ3n) is 8.26. The Balaban J connectivity index is 1.22. The summed E-state index contributed by atoms with van der Waals surface area (Å²) in [4.78, 5) is 37.6. The lowest BCUT2D eigenvalue weighted by Gasteiger charge is -2.32. The quantitative estimate of drug-likeness (QED) is 0.571. The Bertz CT molecular complexity index is 1100. The zero-order chi connectivity index (χ0) is 24.6. The molecule has 4 unspecified atom stereocenters. The number of hydrogen-bond donors (Lipinski definition) is 3. The number of amides is 2. The van der Waals surface area contributed by atoms with Crippen molar-refractivity contribution in [2.24, 2.45) is 11.3 Å². The number of aliphatic carboxylic acids is 1. The number of carbonyl (C=O) groups excluding carboxylic acids is 2. The number of carboxylic acid groups (broad SMARTS) is 1. The van der Waals surface area contributed by atoms with Gasteiger partial charge in [-0.1, -0.05) is 61.4 Å². The van der Waals surface area contributed by atoms with Crippen LogP contribution in [0.3, 0.4) is 0 Å². The minimum Gasteiger partial charge on any atom is -0.481 e. The third-order valence-corrected chi connectivity index (χ3v) is 8.26. The molecule has 0 radical (unpaired) electrons. The maximum atomic E-state index is 13.2. The Morgan fingerprint density at radius 3 is 2.26 bits per heavy atom. The van der Waals surface area contributed by atoms with Crippen LogP contribution in [0.2, 0.25) is 0 Å². The molecule has 5 rings (SSSR count). The lowest BCUT2D eigenvalue weighted by Crippen LogP contribution is -2.54. The molecule has 4 atom stereocenters. The van der Waals surface area contributed by atoms with Crippen LogP contribution in [-0.2, 0) is 14.3 Å². The van der Waals surface area contributed by atoms with Crippen molar-refractivity contribution < 1.29 is 24.2 Å². The van der Waals surface area contributed by atoms with E-state index in [4.69, 9.17) is 4.74 Å². The maximum absolute atomic E-state index is 13.2. The molecule has 2 fully saturated rings. The first-order valence-corrected chi connectivity index (χ1v) is 12.5. The smallest absolute Gasteiger partial charge is 0.407 e. The van der Waals surface area contributed by atoms with E-state index in [0.717, 1.165) is 24.0 Å². The molecule has 0 bridgehead atoms. The number of ether oxygens (including phenoxy) is 1. The highest BCUT2D eigenvalue weighted by molar-refractivity contribution is 5.85. The first-order valence-electron chi connectivity index (χ1n) is 12.5. The van der Waals surface area contributed by atoms with Crippen LogP contribution in [0.15, 0.2) is 48.5 Å². The maximum Gasteiger partial charge on any atom is 0.407 e. The van der Waals surface area contributed by atoms with Gasteiger partial charge in [0.2, 0.25) is 5.91 Å². The van der Waals surface area contributed by atoms with Gasteiger partial charge in [0.15, 0.2) is 0 Å². The highest BCUT2D eigenvalue weighted by atomic mass is 16.5. The summed E-state index contributed by atoms with van der Waals surface area (Å²) in [5.41, 5.74) is 3.84. The number of carbonyl (C=O) groups is 3. The average molecular weight is 477 g/mol. The fraction of sp³-hybridized carbons (Fsp3) is 0.464. The molecule has 2 saturated carbocycles. The largest absolute Gasteiger partial charge is 0.481 e. The Kier molecular flexibility index (Phi) is 6.26. The van der Waals surface area contributed by atoms with Crippen LogP contribution in [0.1, 0.15) is 62.5 Å². The van der Waals surface area contributed by atoms with E-state index in [0.29, 0.717) is 25.7 Å². The van der Waals surface area contributed by atoms with Crippen molar-refractivity contribution in [1.82, 2.24) is 10.6 Å². The van der Waals surface area contributed by atoms with Gasteiger partial charge in [-0.3, -0.25) is 9.59 Å². The first kappa shape index (κ1) is 23.4. The molecule has 2 amide bonds. The summed E-state index contributed by atoms with van der Waals surface area (Å²) in [5.74, 6) is -1.62. The van der Waals surface area contributed by atoms with E-state index in [1.807, 2.05) is 31.2 Å². The van der Waals surface area contributed by atoms with Crippen LogP contribution in [0.25, 0.3) is 11.1 Å². The van der Waals surface area contributed by atoms with Gasteiger partial charge < -0.3 is 20.5 Å². The highest BCUT2D eigenvalue weighted by Gasteiger charge is 2.47. The molecule has 3 aliphatic rings. The topological polar surface area (TPSA) is 105 Å². The molecule has 7 heteroatoms. The molecular formula is C28H32N2O5. The monoisotopic (exact) mass is 476 g/mol. The van der Waals surface area contributed by atoms with Crippen LogP contribution in [0, 0.1) is 11.3 Å². The van der Waals surface area contributed by atoms with E-state index < -0.39 is 23.4 Å². The number of fused-ring (bicyclic) bond motifs is 3. The predicted octanol–water partition coefficient (Wildman–Crippen LogP) is 4.45. The van der Waals surface area contributed by atoms with Crippen molar-refractivity contribution in [2.75, 3.05) is 6.61 Å². The fourth-order valence-corrected chi connectivity index (χ4v) is 6.21. The fourth-order valence-electron chi connectivity index (χ4n) is 6.21. The summed E-state index contributed by atoms with van der Waals surface area (Å²) in [6.45, 7) is 2.08. The minimum atomic E-state index is -0.863. The molecule has 7 nitrogen and oxygen atoms in total. The molecule has 0 aliphatic heterocycles. The number of nitrogens with one attached hydrogen (secondary N) is 2. The van der Waals surface area contributed by atoms with E-state index in [9.17, 15) is 19.5 Å². The number of carboxylic acids is 1. The van der Waals surface area contributed by atoms with Crippen LogP contribution >= 0.6 is 0 Å². The number of alkyl carbamates (subject to hydrolysis) is 1. The van der Waals surface area contributed by atoms with Crippen molar-refractivity contribution in [1.29, 1.82) is 0 Å². The van der Waals surface area contributed by atoms with Crippen LogP contribution in [0.4, 0.5) is 4.79 Å². The van der Waals surface area contributed by atoms with Crippen LogP contribution in [0.5, 0.6) is 0 Å². The SMILES string of the molecule is CC1(C(=O)NC2CCCC2C(=O)O)CCCC1NC(=O)OCC1c2ccccc2-c2ccccc21. The molecule has 2 aromatic rings. The summed E-state index contributed by atoms with van der Waals surface area (Å²) in [6, 6.07) is 15.7. The van der Waals surface area contributed by atoms with Gasteiger partial charge in [0, 0.05) is 18.0 Å². The zero-order valence-corrected chi connectivity index (χ0v) is 20.0. The first-order chi connectivity index (χ1) is 16.9. The highest BCUT2D eigenvalue weighted by Crippen LogP contribution is 2.44. The number of hydrogen-bond acceptors (Lipinski definition) is 4. The lowest BCUT2D eigenvalue weighted by molar-refractivity contribution is -0.142. The van der Waals surface area contributed by atoms with E-state index in [2.05, 4.69) is 34.9 Å². The summed E-state index contributed by atoms with van der Waals surface area (Å²) in [6.07, 6.45) is 3.65. The number of benzene rings is 2. The average Bonchev–Trinajstić information content (AvgIpc) is 3.55. The number of rotatable bonds is 6. The Morgan fingerprint density at radius 2 is 1.60 bits per heavy atom. The van der Waals surface area contributed by atoms with E-state index >= 15 is 0 Å². The van der Waals surface area contributed by atoms with Crippen molar-refractivity contribution in [3.05, 3.63) is 59.7 Å². The molecule has 35 heavy (non-hydrogen) atoms. The van der Waals surface area contributed by atoms with Crippen molar-refractivity contribution in [3.63, 3.8) is 0 Å². The summed E-state index contributed by atoms with van der Waals surface area (Å²) < 4.78 is 5.70. The third kappa shape index (κ3) is 4.28. The van der Waals surface area contributed by atoms with Crippen molar-refractivity contribution in [2.45, 2.75) is 63.5 Å². The van der Waals surface area contributed by atoms with E-state index in [1.165, 1.54) is 11.1 Å². The summed E-state index contributed by atoms with van der Waals surface area (Å²) >= 11 is 0. The second kappa shape index (κ2) is 9.36. The minimum absolute atomic E-state index is 0.0262. The van der Waals surface area contributed by atoms with E-state index in [-0.39, 0.29) is 30.5 Å². The van der Waals surface area contributed by atoms with Gasteiger partial charge in [0.05, 0.1) is 11.3 Å². The van der Waals surface area contributed by atoms with Gasteiger partial charge in [0.1, 0.15) is 6.61 Å². The molecular weight excluding hydrogens is 444 g/mol. The standard InChI is InChI=1S/C28H32N2O5/c1-28(26(33)29-23-13-6-12-21(23)25(31)32)15-7-14-24(28)30-27(34)35-16-22-19-10-4-2-8-17(19)18-9-3-5-11-20(18)22/h2-5,8-11,21-24H,6-7,12-16H2,1H3,(H,29,33)(H,30,34)(H,31,32). The van der Waals surface area contributed by atoms with Gasteiger partial charge in [-0.2, -0.15) is 0 Å². The summed E-state index contributed by atoms with van der Waals surface area (Å²) in [7, 11) is 0. The van der Waals surface area contributed by atoms with Gasteiger partial charge in [-0.15, -0.1) is 0 Å². The van der Waals surface area contributed by atoms with Gasteiger partial charge in [0.25, 0.3) is 0 Å².